The fourth-order valence-electron chi connectivity index (χ4n) is 4.24. The third-order valence-corrected chi connectivity index (χ3v) is 5.75. The first-order valence-electron chi connectivity index (χ1n) is 10.1. The van der Waals surface area contributed by atoms with E-state index in [1.165, 1.54) is 22.5 Å². The molecule has 2 heterocycles. The summed E-state index contributed by atoms with van der Waals surface area (Å²) in [6.45, 7) is 2.83. The molecule has 0 aliphatic carbocycles. The fourth-order valence-corrected chi connectivity index (χ4v) is 4.24. The van der Waals surface area contributed by atoms with Crippen molar-refractivity contribution < 1.29 is 9.90 Å². The van der Waals surface area contributed by atoms with Gasteiger partial charge in [-0.2, -0.15) is 0 Å². The second kappa shape index (κ2) is 8.50. The van der Waals surface area contributed by atoms with Crippen LogP contribution in [0.25, 0.3) is 0 Å². The number of aryl methyl sites for hydroxylation is 2. The number of para-hydroxylation sites is 2. The molecular weight excluding hydrogens is 348 g/mol. The van der Waals surface area contributed by atoms with Crippen molar-refractivity contribution in [2.24, 2.45) is 5.92 Å². The first-order chi connectivity index (χ1) is 13.7. The third kappa shape index (κ3) is 4.05. The summed E-state index contributed by atoms with van der Waals surface area (Å²) in [6.07, 6.45) is 3.80. The largest absolute Gasteiger partial charge is 0.481 e. The Morgan fingerprint density at radius 2 is 1.57 bits per heavy atom. The molecule has 0 saturated carbocycles. The number of anilines is 2. The number of carboxylic acids is 1. The minimum absolute atomic E-state index is 0.250. The van der Waals surface area contributed by atoms with Gasteiger partial charge in [0.25, 0.3) is 0 Å². The molecule has 1 atom stereocenters. The molecule has 2 aliphatic heterocycles. The molecule has 0 radical (unpaired) electrons. The number of nitrogens with zero attached hydrogens (tertiary/aromatic N) is 2. The average Bonchev–Trinajstić information content (AvgIpc) is 2.88. The molecule has 1 N–H and O–H groups in total. The van der Waals surface area contributed by atoms with Gasteiger partial charge in [-0.3, -0.25) is 9.69 Å². The lowest BCUT2D eigenvalue weighted by atomic mass is 9.98. The van der Waals surface area contributed by atoms with E-state index in [2.05, 4.69) is 70.2 Å². The summed E-state index contributed by atoms with van der Waals surface area (Å²) >= 11 is 0. The molecule has 0 aromatic heterocycles. The molecule has 28 heavy (non-hydrogen) atoms. The standard InChI is InChI=1S/C24H26N2O2/c27-24(28)21-10-7-16-25(18-21)15-5-6-17-26-22-11-3-1-8-19(22)13-14-20-9-2-4-12-23(20)26/h1-4,8-9,11-12,21H,7,10,13-18H2,(H,27,28). The lowest BCUT2D eigenvalue weighted by Crippen LogP contribution is -2.38. The molecule has 4 heteroatoms. The highest BCUT2D eigenvalue weighted by molar-refractivity contribution is 5.72. The summed E-state index contributed by atoms with van der Waals surface area (Å²) in [6, 6.07) is 17.2. The summed E-state index contributed by atoms with van der Waals surface area (Å²) in [4.78, 5) is 15.7. The van der Waals surface area contributed by atoms with Gasteiger partial charge in [-0.15, -0.1) is 0 Å². The van der Waals surface area contributed by atoms with E-state index in [-0.39, 0.29) is 5.92 Å². The summed E-state index contributed by atoms with van der Waals surface area (Å²) in [5.41, 5.74) is 5.21. The van der Waals surface area contributed by atoms with Gasteiger partial charge in [0, 0.05) is 17.9 Å². The molecule has 1 unspecified atom stereocenters. The van der Waals surface area contributed by atoms with E-state index in [1.807, 2.05) is 0 Å². The third-order valence-electron chi connectivity index (χ3n) is 5.75. The van der Waals surface area contributed by atoms with Crippen molar-refractivity contribution in [2.45, 2.75) is 25.7 Å². The molecule has 1 saturated heterocycles. The van der Waals surface area contributed by atoms with Gasteiger partial charge in [0.15, 0.2) is 0 Å². The highest BCUT2D eigenvalue weighted by atomic mass is 16.4. The average molecular weight is 374 g/mol. The predicted molar refractivity (Wildman–Crippen MR) is 112 cm³/mol. The van der Waals surface area contributed by atoms with E-state index in [4.69, 9.17) is 0 Å². The zero-order chi connectivity index (χ0) is 19.3. The minimum atomic E-state index is -0.685. The van der Waals surface area contributed by atoms with E-state index in [1.54, 1.807) is 0 Å². The molecule has 2 aliphatic rings. The number of fused-ring (bicyclic) bond motifs is 2. The Morgan fingerprint density at radius 1 is 0.964 bits per heavy atom. The Labute approximate surface area is 166 Å². The van der Waals surface area contributed by atoms with E-state index < -0.39 is 5.97 Å². The first kappa shape index (κ1) is 18.6. The maximum absolute atomic E-state index is 11.2. The first-order valence-corrected chi connectivity index (χ1v) is 10.1. The van der Waals surface area contributed by atoms with Gasteiger partial charge in [-0.1, -0.05) is 48.2 Å². The van der Waals surface area contributed by atoms with Crippen LogP contribution in [0.2, 0.25) is 0 Å². The maximum Gasteiger partial charge on any atom is 0.307 e. The van der Waals surface area contributed by atoms with Crippen LogP contribution in [0.1, 0.15) is 24.0 Å². The second-order valence-corrected chi connectivity index (χ2v) is 7.61. The number of aliphatic carboxylic acids is 1. The van der Waals surface area contributed by atoms with E-state index >= 15 is 0 Å². The highest BCUT2D eigenvalue weighted by Gasteiger charge is 2.24. The smallest absolute Gasteiger partial charge is 0.307 e. The maximum atomic E-state index is 11.2. The van der Waals surface area contributed by atoms with Crippen LogP contribution in [-0.2, 0) is 17.6 Å². The van der Waals surface area contributed by atoms with Crippen molar-refractivity contribution in [2.75, 3.05) is 31.1 Å². The number of rotatable bonds is 3. The number of piperidine rings is 1. The molecule has 2 aromatic rings. The molecule has 4 nitrogen and oxygen atoms in total. The summed E-state index contributed by atoms with van der Waals surface area (Å²) in [5, 5.41) is 9.24. The van der Waals surface area contributed by atoms with Crippen molar-refractivity contribution in [3.8, 4) is 11.8 Å². The van der Waals surface area contributed by atoms with E-state index in [0.717, 1.165) is 32.2 Å². The molecule has 0 bridgehead atoms. The molecular formula is C24H26N2O2. The van der Waals surface area contributed by atoms with Crippen LogP contribution >= 0.6 is 0 Å². The lowest BCUT2D eigenvalue weighted by Gasteiger charge is -2.29. The van der Waals surface area contributed by atoms with Crippen molar-refractivity contribution >= 4 is 17.3 Å². The molecule has 1 fully saturated rings. The van der Waals surface area contributed by atoms with Crippen molar-refractivity contribution in [1.29, 1.82) is 0 Å². The van der Waals surface area contributed by atoms with Crippen LogP contribution in [0.4, 0.5) is 11.4 Å². The van der Waals surface area contributed by atoms with Gasteiger partial charge in [0.05, 0.1) is 19.0 Å². The van der Waals surface area contributed by atoms with Crippen LogP contribution in [0.3, 0.4) is 0 Å². The van der Waals surface area contributed by atoms with Crippen LogP contribution in [0.5, 0.6) is 0 Å². The Hall–Kier alpha value is -2.77. The molecule has 4 rings (SSSR count). The zero-order valence-corrected chi connectivity index (χ0v) is 16.1. The fraction of sp³-hybridized carbons (Fsp3) is 0.375. The molecule has 144 valence electrons. The number of carbonyl (C=O) groups is 1. The number of benzene rings is 2. The normalized spacial score (nSPS) is 19.0. The van der Waals surface area contributed by atoms with Gasteiger partial charge in [0.2, 0.25) is 0 Å². The van der Waals surface area contributed by atoms with Crippen LogP contribution in [0.15, 0.2) is 48.5 Å². The van der Waals surface area contributed by atoms with Gasteiger partial charge in [-0.25, -0.2) is 0 Å². The van der Waals surface area contributed by atoms with E-state index in [9.17, 15) is 9.90 Å². The van der Waals surface area contributed by atoms with Crippen molar-refractivity contribution in [3.63, 3.8) is 0 Å². The number of hydrogen-bond acceptors (Lipinski definition) is 3. The van der Waals surface area contributed by atoms with Gasteiger partial charge >= 0.3 is 5.97 Å². The number of likely N-dealkylation sites (tertiary alicyclic amines) is 1. The highest BCUT2D eigenvalue weighted by Crippen LogP contribution is 2.35. The predicted octanol–water partition coefficient (Wildman–Crippen LogP) is 3.72. The van der Waals surface area contributed by atoms with E-state index in [0.29, 0.717) is 19.6 Å². The minimum Gasteiger partial charge on any atom is -0.481 e. The summed E-state index contributed by atoms with van der Waals surface area (Å²) in [7, 11) is 0. The van der Waals surface area contributed by atoms with Crippen molar-refractivity contribution in [1.82, 2.24) is 4.90 Å². The lowest BCUT2D eigenvalue weighted by molar-refractivity contribution is -0.143. The van der Waals surface area contributed by atoms with Crippen LogP contribution in [0, 0.1) is 17.8 Å². The van der Waals surface area contributed by atoms with Crippen LogP contribution in [-0.4, -0.2) is 42.2 Å². The zero-order valence-electron chi connectivity index (χ0n) is 16.1. The Bertz CT molecular complexity index is 865. The summed E-state index contributed by atoms with van der Waals surface area (Å²) < 4.78 is 0. The summed E-state index contributed by atoms with van der Waals surface area (Å²) in [5.74, 6) is 5.69. The van der Waals surface area contributed by atoms with Crippen molar-refractivity contribution in [3.05, 3.63) is 59.7 Å². The quantitative estimate of drug-likeness (QED) is 0.832. The topological polar surface area (TPSA) is 43.8 Å². The molecule has 0 amide bonds. The Balaban J connectivity index is 1.49. The monoisotopic (exact) mass is 374 g/mol. The Morgan fingerprint density at radius 3 is 2.21 bits per heavy atom. The SMILES string of the molecule is O=C(O)C1CCCN(CC#CCN2c3ccccc3CCc3ccccc32)C1. The number of carboxylic acid groups (broad SMARTS) is 1. The second-order valence-electron chi connectivity index (χ2n) is 7.61. The van der Waals surface area contributed by atoms with Gasteiger partial charge < -0.3 is 10.0 Å². The van der Waals surface area contributed by atoms with Crippen LogP contribution < -0.4 is 4.90 Å². The van der Waals surface area contributed by atoms with Gasteiger partial charge in [0.1, 0.15) is 0 Å². The molecule has 0 spiro atoms. The Kier molecular flexibility index (Phi) is 5.64. The van der Waals surface area contributed by atoms with Gasteiger partial charge in [-0.05, 0) is 55.5 Å². The number of hydrogen-bond donors (Lipinski definition) is 1. The molecule has 2 aromatic carbocycles.